The van der Waals surface area contributed by atoms with Gasteiger partial charge in [-0.05, 0) is 85.8 Å². The predicted octanol–water partition coefficient (Wildman–Crippen LogP) is 7.53. The highest BCUT2D eigenvalue weighted by Gasteiger charge is 2.27. The van der Waals surface area contributed by atoms with Gasteiger partial charge in [-0.3, -0.25) is 9.79 Å². The summed E-state index contributed by atoms with van der Waals surface area (Å²) in [6.45, 7) is 8.08. The lowest BCUT2D eigenvalue weighted by molar-refractivity contribution is 0.0998. The van der Waals surface area contributed by atoms with E-state index in [4.69, 9.17) is 20.9 Å². The van der Waals surface area contributed by atoms with Crippen LogP contribution < -0.4 is 10.5 Å². The van der Waals surface area contributed by atoms with Crippen LogP contribution in [0.2, 0.25) is 0 Å². The summed E-state index contributed by atoms with van der Waals surface area (Å²) in [6.07, 6.45) is 16.9. The molecule has 0 bridgehead atoms. The van der Waals surface area contributed by atoms with Gasteiger partial charge in [-0.2, -0.15) is 0 Å². The van der Waals surface area contributed by atoms with Crippen molar-refractivity contribution in [3.05, 3.63) is 112 Å². The van der Waals surface area contributed by atoms with Crippen molar-refractivity contribution in [3.8, 4) is 5.75 Å². The molecule has 210 valence electrons. The Hall–Kier alpha value is -4.09. The van der Waals surface area contributed by atoms with Gasteiger partial charge in [0.15, 0.2) is 5.78 Å². The number of nitrogens with zero attached hydrogens (tertiary/aromatic N) is 1. The predicted molar refractivity (Wildman–Crippen MR) is 170 cm³/mol. The number of ketones is 1. The number of carbonyl (C=O) groups is 1. The van der Waals surface area contributed by atoms with Crippen molar-refractivity contribution < 1.29 is 9.53 Å². The zero-order valence-corrected chi connectivity index (χ0v) is 24.3. The number of nitrogens with one attached hydrogen (secondary N) is 1. The molecular formula is C36H39N3O2. The molecule has 2 aliphatic carbocycles. The molecule has 0 radical (unpaired) electrons. The van der Waals surface area contributed by atoms with Crippen LogP contribution in [0.25, 0.3) is 11.6 Å². The van der Waals surface area contributed by atoms with Crippen LogP contribution in [0.15, 0.2) is 83.6 Å². The first-order chi connectivity index (χ1) is 19.8. The Morgan fingerprint density at radius 3 is 2.73 bits per heavy atom. The SMILES string of the molecule is C=Cc1c(OC)ccc(C2=CN=C3/C2=C\C=C/C/C=C/3Cc2ccc(C(=O)CC(=N)[C@H]3CC[C@H](N)C3)c(C)c2)c1C. The highest BCUT2D eigenvalue weighted by molar-refractivity contribution is 6.25. The molecule has 0 aromatic heterocycles. The molecule has 0 saturated heterocycles. The first-order valence-electron chi connectivity index (χ1n) is 14.4. The van der Waals surface area contributed by atoms with Crippen molar-refractivity contribution in [1.29, 1.82) is 5.41 Å². The highest BCUT2D eigenvalue weighted by atomic mass is 16.5. The lowest BCUT2D eigenvalue weighted by Crippen LogP contribution is -2.19. The lowest BCUT2D eigenvalue weighted by atomic mass is 9.86. The number of aliphatic imine (C=N–C) groups is 1. The summed E-state index contributed by atoms with van der Waals surface area (Å²) in [5.41, 5.74) is 16.9. The van der Waals surface area contributed by atoms with E-state index in [2.05, 4.69) is 49.9 Å². The summed E-state index contributed by atoms with van der Waals surface area (Å²) in [6, 6.07) is 10.3. The Kier molecular flexibility index (Phi) is 8.46. The van der Waals surface area contributed by atoms with E-state index < -0.39 is 0 Å². The van der Waals surface area contributed by atoms with Gasteiger partial charge >= 0.3 is 0 Å². The molecule has 5 rings (SSSR count). The number of carbonyl (C=O) groups excluding carboxylic acids is 1. The molecule has 3 aliphatic rings. The molecule has 2 aromatic rings. The fraction of sp³-hybridized carbons (Fsp3) is 0.306. The largest absolute Gasteiger partial charge is 0.496 e. The minimum absolute atomic E-state index is 0.0165. The second kappa shape index (κ2) is 12.2. The van der Waals surface area contributed by atoms with E-state index in [0.29, 0.717) is 11.3 Å². The van der Waals surface area contributed by atoms with E-state index in [1.807, 2.05) is 37.4 Å². The second-order valence-corrected chi connectivity index (χ2v) is 11.3. The summed E-state index contributed by atoms with van der Waals surface area (Å²) in [5, 5.41) is 8.46. The summed E-state index contributed by atoms with van der Waals surface area (Å²) >= 11 is 0. The molecule has 2 atom stereocenters. The topological polar surface area (TPSA) is 88.5 Å². The molecule has 1 aliphatic heterocycles. The first kappa shape index (κ1) is 28.4. The van der Waals surface area contributed by atoms with Gasteiger partial charge in [0, 0.05) is 46.6 Å². The van der Waals surface area contributed by atoms with Crippen molar-refractivity contribution in [3.63, 3.8) is 0 Å². The van der Waals surface area contributed by atoms with Gasteiger partial charge in [0.25, 0.3) is 0 Å². The monoisotopic (exact) mass is 545 g/mol. The summed E-state index contributed by atoms with van der Waals surface area (Å²) in [4.78, 5) is 18.0. The average Bonchev–Trinajstić information content (AvgIpc) is 3.56. The maximum absolute atomic E-state index is 13.1. The number of hydrogen-bond donors (Lipinski definition) is 2. The van der Waals surface area contributed by atoms with Gasteiger partial charge < -0.3 is 15.9 Å². The standard InChI is InChI=1S/C36H39N3O2/c1-5-28-23(3)30(15-16-35(28)41-4)32-21-39-36-26(9-7-6-8-10-31(32)36)18-24-11-14-29(22(2)17-24)34(40)20-33(38)25-12-13-27(37)19-25/h5-6,8-11,14-17,21,25,27,38H,1,7,12-13,18-20,37H2,2-4H3/b8-6-,26-9+,31-10-,38-33?/t25-,27-/m0/s1. The maximum Gasteiger partial charge on any atom is 0.168 e. The van der Waals surface area contributed by atoms with Crippen LogP contribution in [-0.4, -0.2) is 30.4 Å². The van der Waals surface area contributed by atoms with Crippen molar-refractivity contribution in [2.24, 2.45) is 16.6 Å². The van der Waals surface area contributed by atoms with Gasteiger partial charge in [-0.25, -0.2) is 0 Å². The molecule has 2 aromatic carbocycles. The molecule has 1 heterocycles. The van der Waals surface area contributed by atoms with Gasteiger partial charge in [0.1, 0.15) is 5.75 Å². The van der Waals surface area contributed by atoms with Crippen molar-refractivity contribution in [1.82, 2.24) is 0 Å². The third-order valence-corrected chi connectivity index (χ3v) is 8.56. The zero-order chi connectivity index (χ0) is 29.1. The number of allylic oxidation sites excluding steroid dienone is 7. The number of rotatable bonds is 9. The molecule has 5 heteroatoms. The third-order valence-electron chi connectivity index (χ3n) is 8.56. The number of ether oxygens (including phenoxy) is 1. The fourth-order valence-corrected chi connectivity index (χ4v) is 6.28. The van der Waals surface area contributed by atoms with Gasteiger partial charge in [0.05, 0.1) is 12.8 Å². The Labute approximate surface area is 243 Å². The van der Waals surface area contributed by atoms with Crippen molar-refractivity contribution in [2.75, 3.05) is 7.11 Å². The number of methoxy groups -OCH3 is 1. The summed E-state index contributed by atoms with van der Waals surface area (Å²) < 4.78 is 5.55. The van der Waals surface area contributed by atoms with Crippen LogP contribution in [-0.2, 0) is 6.42 Å². The number of Topliss-reactive ketones (excluding diaryl/α,β-unsaturated/α-hetero) is 1. The molecular weight excluding hydrogens is 506 g/mol. The Morgan fingerprint density at radius 2 is 2.02 bits per heavy atom. The van der Waals surface area contributed by atoms with Crippen LogP contribution in [0.3, 0.4) is 0 Å². The number of benzene rings is 2. The summed E-state index contributed by atoms with van der Waals surface area (Å²) in [5.74, 6) is 0.972. The molecule has 1 saturated carbocycles. The van der Waals surface area contributed by atoms with E-state index in [-0.39, 0.29) is 24.2 Å². The number of aryl methyl sites for hydroxylation is 1. The fourth-order valence-electron chi connectivity index (χ4n) is 6.28. The number of hydrogen-bond acceptors (Lipinski definition) is 5. The van der Waals surface area contributed by atoms with Crippen LogP contribution in [0, 0.1) is 25.2 Å². The van der Waals surface area contributed by atoms with Crippen LogP contribution in [0.5, 0.6) is 5.75 Å². The van der Waals surface area contributed by atoms with E-state index in [1.165, 1.54) is 5.57 Å². The molecule has 3 N–H and O–H groups in total. The zero-order valence-electron chi connectivity index (χ0n) is 24.3. The summed E-state index contributed by atoms with van der Waals surface area (Å²) in [7, 11) is 1.68. The maximum atomic E-state index is 13.1. The average molecular weight is 546 g/mol. The third kappa shape index (κ3) is 5.86. The lowest BCUT2D eigenvalue weighted by Gasteiger charge is -2.18. The van der Waals surface area contributed by atoms with Crippen LogP contribution in [0.1, 0.15) is 70.3 Å². The Bertz CT molecular complexity index is 1570. The second-order valence-electron chi connectivity index (χ2n) is 11.3. The van der Waals surface area contributed by atoms with E-state index in [1.54, 1.807) is 7.11 Å². The smallest absolute Gasteiger partial charge is 0.168 e. The first-order valence-corrected chi connectivity index (χ1v) is 14.4. The Balaban J connectivity index is 1.34. The van der Waals surface area contributed by atoms with Gasteiger partial charge in [-0.15, -0.1) is 0 Å². The molecule has 0 unspecified atom stereocenters. The quantitative estimate of drug-likeness (QED) is 0.252. The molecule has 0 amide bonds. The molecule has 1 fully saturated rings. The minimum Gasteiger partial charge on any atom is -0.496 e. The molecule has 5 nitrogen and oxygen atoms in total. The van der Waals surface area contributed by atoms with E-state index >= 15 is 0 Å². The molecule has 0 spiro atoms. The van der Waals surface area contributed by atoms with Gasteiger partial charge in [0.2, 0.25) is 0 Å². The van der Waals surface area contributed by atoms with E-state index in [9.17, 15) is 4.79 Å². The Morgan fingerprint density at radius 1 is 1.20 bits per heavy atom. The number of nitrogens with two attached hydrogens (primary N) is 1. The normalized spacial score (nSPS) is 23.1. The highest BCUT2D eigenvalue weighted by Crippen LogP contribution is 2.38. The molecule has 41 heavy (non-hydrogen) atoms. The van der Waals surface area contributed by atoms with Crippen molar-refractivity contribution >= 4 is 28.9 Å². The van der Waals surface area contributed by atoms with Crippen molar-refractivity contribution in [2.45, 2.75) is 58.4 Å². The number of fused-ring (bicyclic) bond motifs is 1. The van der Waals surface area contributed by atoms with E-state index in [0.717, 1.165) is 82.5 Å². The van der Waals surface area contributed by atoms with Crippen LogP contribution >= 0.6 is 0 Å². The minimum atomic E-state index is 0.0165. The van der Waals surface area contributed by atoms with Crippen LogP contribution in [0.4, 0.5) is 0 Å². The van der Waals surface area contributed by atoms with Gasteiger partial charge in [-0.1, -0.05) is 61.2 Å².